The maximum absolute atomic E-state index is 2.30. The summed E-state index contributed by atoms with van der Waals surface area (Å²) in [6.07, 6.45) is 5.65. The summed E-state index contributed by atoms with van der Waals surface area (Å²) >= 11 is 0. The van der Waals surface area contributed by atoms with E-state index in [-0.39, 0.29) is 0 Å². The molecule has 0 aliphatic rings. The van der Waals surface area contributed by atoms with Gasteiger partial charge in [-0.1, -0.05) is 26.0 Å². The van der Waals surface area contributed by atoms with Crippen molar-refractivity contribution in [3.63, 3.8) is 0 Å². The zero-order chi connectivity index (χ0) is 8.91. The van der Waals surface area contributed by atoms with Crippen molar-refractivity contribution >= 4 is 0 Å². The van der Waals surface area contributed by atoms with Gasteiger partial charge in [0.05, 0.1) is 0 Å². The molecule has 0 radical (unpaired) electrons. The normalized spacial score (nSPS) is 17.6. The molecule has 1 atom stereocenters. The standard InChI is InChI=1S/C10H21N/c1-6-8-10(3,7-2)9-11(4)5/h6,8H,7,9H2,1-5H3/b8-6-. The van der Waals surface area contributed by atoms with E-state index in [1.165, 1.54) is 6.42 Å². The first-order valence-electron chi connectivity index (χ1n) is 4.32. The number of hydrogen-bond donors (Lipinski definition) is 0. The summed E-state index contributed by atoms with van der Waals surface area (Å²) in [4.78, 5) is 2.24. The van der Waals surface area contributed by atoms with Crippen LogP contribution in [0.3, 0.4) is 0 Å². The number of hydrogen-bond acceptors (Lipinski definition) is 1. The van der Waals surface area contributed by atoms with Crippen LogP contribution in [0.5, 0.6) is 0 Å². The van der Waals surface area contributed by atoms with Crippen LogP contribution in [0, 0.1) is 5.41 Å². The summed E-state index contributed by atoms with van der Waals surface area (Å²) in [6, 6.07) is 0. The first-order valence-corrected chi connectivity index (χ1v) is 4.32. The fourth-order valence-corrected chi connectivity index (χ4v) is 1.41. The van der Waals surface area contributed by atoms with Gasteiger partial charge in [-0.2, -0.15) is 0 Å². The van der Waals surface area contributed by atoms with Gasteiger partial charge in [0.15, 0.2) is 0 Å². The van der Waals surface area contributed by atoms with Gasteiger partial charge in [0.1, 0.15) is 0 Å². The molecule has 11 heavy (non-hydrogen) atoms. The molecule has 0 bridgehead atoms. The average Bonchev–Trinajstić information content (AvgIpc) is 1.87. The minimum atomic E-state index is 0.359. The third-order valence-electron chi connectivity index (χ3n) is 2.05. The molecule has 0 rings (SSSR count). The van der Waals surface area contributed by atoms with Gasteiger partial charge in [0, 0.05) is 6.54 Å². The third kappa shape index (κ3) is 4.20. The molecule has 0 spiro atoms. The molecule has 0 fully saturated rings. The minimum Gasteiger partial charge on any atom is -0.309 e. The van der Waals surface area contributed by atoms with Crippen molar-refractivity contribution in [1.29, 1.82) is 0 Å². The maximum Gasteiger partial charge on any atom is 0.00638 e. The second kappa shape index (κ2) is 4.55. The van der Waals surface area contributed by atoms with Crippen LogP contribution in [0.4, 0.5) is 0 Å². The smallest absolute Gasteiger partial charge is 0.00638 e. The molecule has 0 heterocycles. The molecular formula is C10H21N. The highest BCUT2D eigenvalue weighted by atomic mass is 15.1. The van der Waals surface area contributed by atoms with E-state index in [1.54, 1.807) is 0 Å². The van der Waals surface area contributed by atoms with E-state index in [2.05, 4.69) is 51.9 Å². The molecule has 0 aromatic carbocycles. The zero-order valence-electron chi connectivity index (χ0n) is 8.52. The second-order valence-electron chi connectivity index (χ2n) is 3.75. The zero-order valence-corrected chi connectivity index (χ0v) is 8.52. The van der Waals surface area contributed by atoms with Crippen molar-refractivity contribution < 1.29 is 0 Å². The maximum atomic E-state index is 2.30. The average molecular weight is 155 g/mol. The lowest BCUT2D eigenvalue weighted by Crippen LogP contribution is -2.28. The van der Waals surface area contributed by atoms with E-state index in [4.69, 9.17) is 0 Å². The van der Waals surface area contributed by atoms with Crippen LogP contribution in [0.15, 0.2) is 12.2 Å². The predicted molar refractivity (Wildman–Crippen MR) is 51.8 cm³/mol. The molecule has 66 valence electrons. The molecule has 1 nitrogen and oxygen atoms in total. The fraction of sp³-hybridized carbons (Fsp3) is 0.800. The van der Waals surface area contributed by atoms with Crippen molar-refractivity contribution in [2.75, 3.05) is 20.6 Å². The summed E-state index contributed by atoms with van der Waals surface area (Å²) in [5, 5.41) is 0. The quantitative estimate of drug-likeness (QED) is 0.564. The molecule has 1 unspecified atom stereocenters. The van der Waals surface area contributed by atoms with E-state index >= 15 is 0 Å². The molecule has 0 aliphatic heterocycles. The molecule has 0 saturated heterocycles. The highest BCUT2D eigenvalue weighted by Gasteiger charge is 2.18. The van der Waals surface area contributed by atoms with Gasteiger partial charge in [-0.25, -0.2) is 0 Å². The summed E-state index contributed by atoms with van der Waals surface area (Å²) in [5.41, 5.74) is 0.359. The molecular weight excluding hydrogens is 134 g/mol. The molecule has 0 saturated carbocycles. The van der Waals surface area contributed by atoms with Crippen LogP contribution >= 0.6 is 0 Å². The lowest BCUT2D eigenvalue weighted by Gasteiger charge is -2.27. The molecule has 0 aromatic rings. The number of allylic oxidation sites excluding steroid dienone is 1. The van der Waals surface area contributed by atoms with Crippen molar-refractivity contribution in [3.05, 3.63) is 12.2 Å². The van der Waals surface area contributed by atoms with E-state index in [0.29, 0.717) is 5.41 Å². The van der Waals surface area contributed by atoms with E-state index in [9.17, 15) is 0 Å². The van der Waals surface area contributed by atoms with E-state index in [0.717, 1.165) is 6.54 Å². The van der Waals surface area contributed by atoms with Crippen LogP contribution in [0.1, 0.15) is 27.2 Å². The van der Waals surface area contributed by atoms with Gasteiger partial charge in [0.2, 0.25) is 0 Å². The van der Waals surface area contributed by atoms with E-state index < -0.39 is 0 Å². The first kappa shape index (κ1) is 10.7. The Morgan fingerprint density at radius 1 is 1.36 bits per heavy atom. The van der Waals surface area contributed by atoms with Crippen LogP contribution in [0.25, 0.3) is 0 Å². The van der Waals surface area contributed by atoms with Gasteiger partial charge in [-0.15, -0.1) is 0 Å². The number of rotatable bonds is 4. The molecule has 0 N–H and O–H groups in total. The van der Waals surface area contributed by atoms with Crippen LogP contribution in [-0.4, -0.2) is 25.5 Å². The SMILES string of the molecule is C/C=C\C(C)(CC)CN(C)C. The molecule has 1 heteroatoms. The fourth-order valence-electron chi connectivity index (χ4n) is 1.41. The summed E-state index contributed by atoms with van der Waals surface area (Å²) < 4.78 is 0. The van der Waals surface area contributed by atoms with Gasteiger partial charge < -0.3 is 4.90 Å². The Bertz CT molecular complexity index is 127. The van der Waals surface area contributed by atoms with Crippen molar-refractivity contribution in [1.82, 2.24) is 4.90 Å². The van der Waals surface area contributed by atoms with Gasteiger partial charge in [0.25, 0.3) is 0 Å². The molecule has 0 aromatic heterocycles. The van der Waals surface area contributed by atoms with Gasteiger partial charge >= 0.3 is 0 Å². The topological polar surface area (TPSA) is 3.24 Å². The second-order valence-corrected chi connectivity index (χ2v) is 3.75. The predicted octanol–water partition coefficient (Wildman–Crippen LogP) is 2.54. The first-order chi connectivity index (χ1) is 5.04. The monoisotopic (exact) mass is 155 g/mol. The van der Waals surface area contributed by atoms with Gasteiger partial charge in [-0.05, 0) is 32.9 Å². The summed E-state index contributed by atoms with van der Waals surface area (Å²) in [7, 11) is 4.24. The third-order valence-corrected chi connectivity index (χ3v) is 2.05. The Balaban J connectivity index is 4.10. The summed E-state index contributed by atoms with van der Waals surface area (Å²) in [6.45, 7) is 7.76. The Morgan fingerprint density at radius 2 is 1.91 bits per heavy atom. The molecule has 0 aliphatic carbocycles. The van der Waals surface area contributed by atoms with Crippen LogP contribution in [0.2, 0.25) is 0 Å². The van der Waals surface area contributed by atoms with Crippen molar-refractivity contribution in [2.45, 2.75) is 27.2 Å². The molecule has 0 amide bonds. The van der Waals surface area contributed by atoms with Crippen molar-refractivity contribution in [2.24, 2.45) is 5.41 Å². The minimum absolute atomic E-state index is 0.359. The lowest BCUT2D eigenvalue weighted by atomic mass is 9.87. The number of nitrogens with zero attached hydrogens (tertiary/aromatic N) is 1. The lowest BCUT2D eigenvalue weighted by molar-refractivity contribution is 0.265. The Morgan fingerprint density at radius 3 is 2.18 bits per heavy atom. The summed E-state index contributed by atoms with van der Waals surface area (Å²) in [5.74, 6) is 0. The van der Waals surface area contributed by atoms with Crippen LogP contribution in [-0.2, 0) is 0 Å². The Kier molecular flexibility index (Phi) is 4.43. The van der Waals surface area contributed by atoms with Crippen molar-refractivity contribution in [3.8, 4) is 0 Å². The van der Waals surface area contributed by atoms with Gasteiger partial charge in [-0.3, -0.25) is 0 Å². The Labute approximate surface area is 71.1 Å². The highest BCUT2D eigenvalue weighted by molar-refractivity contribution is 4.96. The highest BCUT2D eigenvalue weighted by Crippen LogP contribution is 2.23. The Hall–Kier alpha value is -0.300. The van der Waals surface area contributed by atoms with E-state index in [1.807, 2.05) is 0 Å². The largest absolute Gasteiger partial charge is 0.309 e. The van der Waals surface area contributed by atoms with Crippen LogP contribution < -0.4 is 0 Å².